The quantitative estimate of drug-likeness (QED) is 0.631. The maximum atomic E-state index is 12.1. The van der Waals surface area contributed by atoms with Gasteiger partial charge < -0.3 is 14.7 Å². The summed E-state index contributed by atoms with van der Waals surface area (Å²) < 4.78 is 28.3. The molecule has 1 fully saturated rings. The summed E-state index contributed by atoms with van der Waals surface area (Å²) in [6.45, 7) is 9.04. The first-order chi connectivity index (χ1) is 10.2. The van der Waals surface area contributed by atoms with Gasteiger partial charge in [0.2, 0.25) is 5.89 Å². The van der Waals surface area contributed by atoms with E-state index in [9.17, 15) is 8.42 Å². The third-order valence-electron chi connectivity index (χ3n) is 3.62. The molecule has 0 atom stereocenters. The van der Waals surface area contributed by atoms with Gasteiger partial charge in [-0.1, -0.05) is 5.16 Å². The van der Waals surface area contributed by atoms with Crippen LogP contribution in [0.3, 0.4) is 0 Å². The highest BCUT2D eigenvalue weighted by atomic mass is 32.2. The van der Waals surface area contributed by atoms with Crippen molar-refractivity contribution in [2.75, 3.05) is 25.4 Å². The third-order valence-corrected chi connectivity index (χ3v) is 6.15. The van der Waals surface area contributed by atoms with Crippen molar-refractivity contribution in [3.8, 4) is 0 Å². The van der Waals surface area contributed by atoms with Crippen LogP contribution in [0.4, 0.5) is 0 Å². The van der Waals surface area contributed by atoms with Crippen LogP contribution in [0.2, 0.25) is 0 Å². The number of nitrogens with one attached hydrogen (secondary N) is 1. The van der Waals surface area contributed by atoms with E-state index in [4.69, 9.17) is 4.52 Å². The fraction of sp³-hybridized carbons (Fsp3) is 0.769. The second-order valence-electron chi connectivity index (χ2n) is 5.90. The summed E-state index contributed by atoms with van der Waals surface area (Å²) in [5, 5.41) is 7.00. The molecule has 0 amide bonds. The molecule has 1 aromatic rings. The number of rotatable bonds is 3. The highest BCUT2D eigenvalue weighted by molar-refractivity contribution is 7.92. The zero-order valence-electron chi connectivity index (χ0n) is 13.5. The van der Waals surface area contributed by atoms with Gasteiger partial charge in [-0.05, 0) is 20.8 Å². The minimum atomic E-state index is -3.07. The van der Waals surface area contributed by atoms with Crippen molar-refractivity contribution in [1.29, 1.82) is 0 Å². The molecule has 0 saturated carbocycles. The lowest BCUT2D eigenvalue weighted by molar-refractivity contribution is 0.353. The monoisotopic (exact) mass is 329 g/mol. The van der Waals surface area contributed by atoms with E-state index in [1.165, 1.54) is 0 Å². The Balaban J connectivity index is 2.14. The van der Waals surface area contributed by atoms with Crippen LogP contribution in [0.1, 0.15) is 32.5 Å². The fourth-order valence-electron chi connectivity index (χ4n) is 2.30. The Morgan fingerprint density at radius 2 is 2.23 bits per heavy atom. The lowest BCUT2D eigenvalue weighted by atomic mass is 10.2. The summed E-state index contributed by atoms with van der Waals surface area (Å²) in [6.07, 6.45) is 0. The SMILES string of the molecule is CCNC(=NCc1noc(C)n1)N1CCS(=O)(=O)C(C)(C)C1. The van der Waals surface area contributed by atoms with Gasteiger partial charge in [0.15, 0.2) is 21.6 Å². The predicted molar refractivity (Wildman–Crippen MR) is 83.3 cm³/mol. The highest BCUT2D eigenvalue weighted by Gasteiger charge is 2.40. The van der Waals surface area contributed by atoms with Gasteiger partial charge in [-0.2, -0.15) is 4.98 Å². The number of hydrogen-bond acceptors (Lipinski definition) is 6. The average molecular weight is 329 g/mol. The van der Waals surface area contributed by atoms with Crippen LogP contribution in [-0.2, 0) is 16.4 Å². The molecule has 0 aliphatic carbocycles. The summed E-state index contributed by atoms with van der Waals surface area (Å²) in [6, 6.07) is 0. The molecule has 1 aliphatic rings. The topological polar surface area (TPSA) is 101 Å². The van der Waals surface area contributed by atoms with Crippen LogP contribution in [-0.4, -0.2) is 59.6 Å². The van der Waals surface area contributed by atoms with Crippen LogP contribution in [0, 0.1) is 6.92 Å². The summed E-state index contributed by atoms with van der Waals surface area (Å²) >= 11 is 0. The Morgan fingerprint density at radius 1 is 1.50 bits per heavy atom. The van der Waals surface area contributed by atoms with Crippen LogP contribution in [0.5, 0.6) is 0 Å². The van der Waals surface area contributed by atoms with Crippen molar-refractivity contribution in [1.82, 2.24) is 20.4 Å². The summed E-state index contributed by atoms with van der Waals surface area (Å²) in [7, 11) is -3.07. The van der Waals surface area contributed by atoms with Crippen molar-refractivity contribution in [3.05, 3.63) is 11.7 Å². The summed E-state index contributed by atoms with van der Waals surface area (Å²) in [4.78, 5) is 10.6. The molecule has 124 valence electrons. The molecule has 1 saturated heterocycles. The van der Waals surface area contributed by atoms with E-state index in [0.717, 1.165) is 0 Å². The minimum absolute atomic E-state index is 0.131. The molecular formula is C13H23N5O3S. The smallest absolute Gasteiger partial charge is 0.223 e. The van der Waals surface area contributed by atoms with Crippen molar-refractivity contribution in [2.24, 2.45) is 4.99 Å². The molecule has 2 rings (SSSR count). The second kappa shape index (κ2) is 6.23. The molecule has 0 spiro atoms. The van der Waals surface area contributed by atoms with Gasteiger partial charge in [-0.3, -0.25) is 0 Å². The average Bonchev–Trinajstić information content (AvgIpc) is 2.84. The zero-order chi connectivity index (χ0) is 16.4. The number of aliphatic imine (C=N–C) groups is 1. The second-order valence-corrected chi connectivity index (χ2v) is 8.64. The molecule has 22 heavy (non-hydrogen) atoms. The van der Waals surface area contributed by atoms with Crippen molar-refractivity contribution >= 4 is 15.8 Å². The Morgan fingerprint density at radius 3 is 2.77 bits per heavy atom. The lowest BCUT2D eigenvalue weighted by Gasteiger charge is -2.39. The molecule has 9 heteroatoms. The maximum Gasteiger partial charge on any atom is 0.223 e. The number of aromatic nitrogens is 2. The van der Waals surface area contributed by atoms with Crippen LogP contribution in [0.25, 0.3) is 0 Å². The normalized spacial score (nSPS) is 20.9. The Labute approximate surface area is 130 Å². The largest absolute Gasteiger partial charge is 0.357 e. The third kappa shape index (κ3) is 3.57. The maximum absolute atomic E-state index is 12.1. The van der Waals surface area contributed by atoms with Gasteiger partial charge in [-0.15, -0.1) is 0 Å². The molecular weight excluding hydrogens is 306 g/mol. The van der Waals surface area contributed by atoms with Crippen LogP contribution >= 0.6 is 0 Å². The standard InChI is InChI=1S/C13H23N5O3S/c1-5-14-12(15-8-11-16-10(2)21-17-11)18-6-7-22(19,20)13(3,4)9-18/h5-9H2,1-4H3,(H,14,15). The van der Waals surface area contributed by atoms with E-state index in [-0.39, 0.29) is 5.75 Å². The number of guanidine groups is 1. The lowest BCUT2D eigenvalue weighted by Crippen LogP contribution is -2.57. The molecule has 1 N–H and O–H groups in total. The van der Waals surface area contributed by atoms with Gasteiger partial charge >= 0.3 is 0 Å². The zero-order valence-corrected chi connectivity index (χ0v) is 14.3. The molecule has 8 nitrogen and oxygen atoms in total. The van der Waals surface area contributed by atoms with E-state index in [1.54, 1.807) is 20.8 Å². The highest BCUT2D eigenvalue weighted by Crippen LogP contribution is 2.23. The number of sulfone groups is 1. The Kier molecular flexibility index (Phi) is 4.74. The molecule has 0 aromatic carbocycles. The van der Waals surface area contributed by atoms with Crippen molar-refractivity contribution in [3.63, 3.8) is 0 Å². The van der Waals surface area contributed by atoms with Gasteiger partial charge in [-0.25, -0.2) is 13.4 Å². The molecule has 1 aliphatic heterocycles. The van der Waals surface area contributed by atoms with Gasteiger partial charge in [0.1, 0.15) is 6.54 Å². The van der Waals surface area contributed by atoms with Gasteiger partial charge in [0, 0.05) is 26.6 Å². The Hall–Kier alpha value is -1.64. The number of hydrogen-bond donors (Lipinski definition) is 1. The van der Waals surface area contributed by atoms with Gasteiger partial charge in [0.05, 0.1) is 10.5 Å². The van der Waals surface area contributed by atoms with Crippen LogP contribution < -0.4 is 5.32 Å². The predicted octanol–water partition coefficient (Wildman–Crippen LogP) is 0.353. The Bertz CT molecular complexity index is 650. The molecule has 2 heterocycles. The molecule has 0 bridgehead atoms. The van der Waals surface area contributed by atoms with E-state index in [2.05, 4.69) is 20.4 Å². The number of nitrogens with zero attached hydrogens (tertiary/aromatic N) is 4. The first-order valence-corrected chi connectivity index (χ1v) is 8.95. The van der Waals surface area contributed by atoms with E-state index in [0.29, 0.717) is 43.9 Å². The van der Waals surface area contributed by atoms with E-state index in [1.807, 2.05) is 11.8 Å². The summed E-state index contributed by atoms with van der Waals surface area (Å²) in [5.74, 6) is 1.82. The van der Waals surface area contributed by atoms with E-state index >= 15 is 0 Å². The minimum Gasteiger partial charge on any atom is -0.357 e. The first-order valence-electron chi connectivity index (χ1n) is 7.30. The summed E-state index contributed by atoms with van der Waals surface area (Å²) in [5.41, 5.74) is 0. The van der Waals surface area contributed by atoms with Crippen LogP contribution in [0.15, 0.2) is 9.52 Å². The fourth-order valence-corrected chi connectivity index (χ4v) is 3.67. The molecule has 1 aromatic heterocycles. The van der Waals surface area contributed by atoms with E-state index < -0.39 is 14.6 Å². The first kappa shape index (κ1) is 16.7. The van der Waals surface area contributed by atoms with Crippen molar-refractivity contribution in [2.45, 2.75) is 39.0 Å². The molecule has 0 radical (unpaired) electrons. The van der Waals surface area contributed by atoms with Crippen molar-refractivity contribution < 1.29 is 12.9 Å². The number of aryl methyl sites for hydroxylation is 1. The molecule has 0 unspecified atom stereocenters. The van der Waals surface area contributed by atoms with Gasteiger partial charge in [0.25, 0.3) is 0 Å².